The van der Waals surface area contributed by atoms with Crippen molar-refractivity contribution in [2.75, 3.05) is 33.4 Å². The summed E-state index contributed by atoms with van der Waals surface area (Å²) in [5, 5.41) is 0. The summed E-state index contributed by atoms with van der Waals surface area (Å²) < 4.78 is 18.2. The van der Waals surface area contributed by atoms with E-state index < -0.39 is 0 Å². The lowest BCUT2D eigenvalue weighted by Gasteiger charge is -2.15. The third kappa shape index (κ3) is 3.00. The number of ether oxygens (including phenoxy) is 1. The number of halogens is 1. The maximum atomic E-state index is 13.1. The third-order valence-corrected chi connectivity index (χ3v) is 3.21. The van der Waals surface area contributed by atoms with Crippen LogP contribution in [0.1, 0.15) is 11.5 Å². The van der Waals surface area contributed by atoms with E-state index in [1.165, 1.54) is 12.3 Å². The zero-order chi connectivity index (χ0) is 12.3. The van der Waals surface area contributed by atoms with Gasteiger partial charge in [-0.1, -0.05) is 0 Å². The lowest BCUT2D eigenvalue weighted by molar-refractivity contribution is 0.160. The molecular formula is C12H18FN3O. The van der Waals surface area contributed by atoms with Crippen LogP contribution in [0.5, 0.6) is 0 Å². The molecule has 17 heavy (non-hydrogen) atoms. The molecule has 1 aromatic rings. The molecule has 0 aliphatic carbocycles. The fourth-order valence-electron chi connectivity index (χ4n) is 2.30. The Morgan fingerprint density at radius 2 is 2.35 bits per heavy atom. The van der Waals surface area contributed by atoms with Crippen LogP contribution in [0.15, 0.2) is 18.5 Å². The first kappa shape index (κ1) is 12.4. The third-order valence-electron chi connectivity index (χ3n) is 3.21. The zero-order valence-electron chi connectivity index (χ0n) is 9.97. The number of methoxy groups -OCH3 is 1. The van der Waals surface area contributed by atoms with Gasteiger partial charge >= 0.3 is 0 Å². The number of aromatic nitrogens is 1. The molecule has 4 nitrogen and oxygen atoms in total. The van der Waals surface area contributed by atoms with E-state index in [9.17, 15) is 4.39 Å². The number of pyridine rings is 1. The summed E-state index contributed by atoms with van der Waals surface area (Å²) in [6.45, 7) is 3.23. The van der Waals surface area contributed by atoms with Crippen LogP contribution >= 0.6 is 0 Å². The van der Waals surface area contributed by atoms with Gasteiger partial charge < -0.3 is 10.5 Å². The second-order valence-electron chi connectivity index (χ2n) is 4.46. The van der Waals surface area contributed by atoms with Crippen molar-refractivity contribution in [3.63, 3.8) is 0 Å². The molecule has 1 saturated heterocycles. The van der Waals surface area contributed by atoms with Gasteiger partial charge in [-0.2, -0.15) is 0 Å². The van der Waals surface area contributed by atoms with Crippen LogP contribution in [0.25, 0.3) is 0 Å². The highest BCUT2D eigenvalue weighted by molar-refractivity contribution is 5.20. The summed E-state index contributed by atoms with van der Waals surface area (Å²) in [7, 11) is 1.68. The van der Waals surface area contributed by atoms with Crippen molar-refractivity contribution in [1.82, 2.24) is 9.88 Å². The van der Waals surface area contributed by atoms with Gasteiger partial charge in [0.1, 0.15) is 5.82 Å². The summed E-state index contributed by atoms with van der Waals surface area (Å²) in [5.74, 6) is -0.139. The number of nitrogens with zero attached hydrogens (tertiary/aromatic N) is 2. The number of rotatable bonds is 4. The van der Waals surface area contributed by atoms with Gasteiger partial charge in [-0.3, -0.25) is 9.88 Å². The second-order valence-corrected chi connectivity index (χ2v) is 4.46. The number of hydrogen-bond acceptors (Lipinski definition) is 4. The van der Waals surface area contributed by atoms with Gasteiger partial charge in [-0.05, 0) is 11.6 Å². The largest absolute Gasteiger partial charge is 0.383 e. The second kappa shape index (κ2) is 5.53. The molecule has 1 aliphatic rings. The monoisotopic (exact) mass is 239 g/mol. The first-order chi connectivity index (χ1) is 8.20. The van der Waals surface area contributed by atoms with Crippen LogP contribution in [0, 0.1) is 5.82 Å². The Balaban J connectivity index is 2.02. The molecule has 2 N–H and O–H groups in total. The predicted molar refractivity (Wildman–Crippen MR) is 63.2 cm³/mol. The van der Waals surface area contributed by atoms with Gasteiger partial charge in [0.15, 0.2) is 0 Å². The highest BCUT2D eigenvalue weighted by Gasteiger charge is 2.31. The van der Waals surface area contributed by atoms with Crippen LogP contribution in [0.3, 0.4) is 0 Å². The molecule has 2 atom stereocenters. The zero-order valence-corrected chi connectivity index (χ0v) is 9.97. The Morgan fingerprint density at radius 3 is 3.06 bits per heavy atom. The molecule has 0 bridgehead atoms. The molecule has 1 unspecified atom stereocenters. The average molecular weight is 239 g/mol. The minimum absolute atomic E-state index is 0.0375. The molecule has 0 saturated carbocycles. The molecule has 2 rings (SSSR count). The number of likely N-dealkylation sites (tertiary alicyclic amines) is 1. The molecule has 1 aliphatic heterocycles. The first-order valence-electron chi connectivity index (χ1n) is 5.78. The SMILES string of the molecule is COCCN1CC(c2cncc(F)c2)[C@H](N)C1. The molecule has 1 fully saturated rings. The molecule has 1 aromatic heterocycles. The van der Waals surface area contributed by atoms with Crippen LogP contribution in [0.4, 0.5) is 4.39 Å². The van der Waals surface area contributed by atoms with Gasteiger partial charge in [0.05, 0.1) is 12.8 Å². The van der Waals surface area contributed by atoms with Gasteiger partial charge in [0.2, 0.25) is 0 Å². The Hall–Kier alpha value is -1.04. The maximum Gasteiger partial charge on any atom is 0.141 e. The van der Waals surface area contributed by atoms with Crippen molar-refractivity contribution in [2.45, 2.75) is 12.0 Å². The molecule has 0 aromatic carbocycles. The van der Waals surface area contributed by atoms with Crippen molar-refractivity contribution >= 4 is 0 Å². The van der Waals surface area contributed by atoms with Crippen molar-refractivity contribution in [3.05, 3.63) is 29.8 Å². The molecule has 0 spiro atoms. The van der Waals surface area contributed by atoms with Gasteiger partial charge in [-0.15, -0.1) is 0 Å². The standard InChI is InChI=1S/C12H18FN3O/c1-17-3-2-16-7-11(12(14)8-16)9-4-10(13)6-15-5-9/h4-6,11-12H,2-3,7-8,14H2,1H3/t11?,12-/m1/s1. The topological polar surface area (TPSA) is 51.4 Å². The van der Waals surface area contributed by atoms with Crippen LogP contribution in [-0.4, -0.2) is 49.3 Å². The number of hydrogen-bond donors (Lipinski definition) is 1. The Bertz CT molecular complexity index is 375. The van der Waals surface area contributed by atoms with Crippen LogP contribution in [0.2, 0.25) is 0 Å². The predicted octanol–water partition coefficient (Wildman–Crippen LogP) is 0.594. The van der Waals surface area contributed by atoms with E-state index in [0.717, 1.165) is 25.2 Å². The fourth-order valence-corrected chi connectivity index (χ4v) is 2.30. The Kier molecular flexibility index (Phi) is 4.04. The Morgan fingerprint density at radius 1 is 1.53 bits per heavy atom. The minimum Gasteiger partial charge on any atom is -0.383 e. The molecule has 5 heteroatoms. The van der Waals surface area contributed by atoms with E-state index in [0.29, 0.717) is 6.61 Å². The smallest absolute Gasteiger partial charge is 0.141 e. The number of nitrogens with two attached hydrogens (primary N) is 1. The molecule has 2 heterocycles. The van der Waals surface area contributed by atoms with E-state index in [-0.39, 0.29) is 17.8 Å². The lowest BCUT2D eigenvalue weighted by atomic mass is 9.96. The van der Waals surface area contributed by atoms with E-state index in [4.69, 9.17) is 10.5 Å². The normalized spacial score (nSPS) is 25.4. The van der Waals surface area contributed by atoms with Crippen molar-refractivity contribution in [3.8, 4) is 0 Å². The fraction of sp³-hybridized carbons (Fsp3) is 0.583. The van der Waals surface area contributed by atoms with Crippen molar-refractivity contribution < 1.29 is 9.13 Å². The van der Waals surface area contributed by atoms with E-state index in [1.807, 2.05) is 0 Å². The van der Waals surface area contributed by atoms with Crippen LogP contribution < -0.4 is 5.73 Å². The van der Waals surface area contributed by atoms with Gasteiger partial charge in [0.25, 0.3) is 0 Å². The summed E-state index contributed by atoms with van der Waals surface area (Å²) in [6, 6.07) is 1.56. The summed E-state index contributed by atoms with van der Waals surface area (Å²) >= 11 is 0. The summed E-state index contributed by atoms with van der Waals surface area (Å²) in [4.78, 5) is 6.12. The molecule has 0 amide bonds. The quantitative estimate of drug-likeness (QED) is 0.835. The van der Waals surface area contributed by atoms with E-state index in [2.05, 4.69) is 9.88 Å². The first-order valence-corrected chi connectivity index (χ1v) is 5.78. The molecular weight excluding hydrogens is 221 g/mol. The van der Waals surface area contributed by atoms with Crippen molar-refractivity contribution in [2.24, 2.45) is 5.73 Å². The Labute approximate surface area is 101 Å². The van der Waals surface area contributed by atoms with Gasteiger partial charge in [0, 0.05) is 44.9 Å². The van der Waals surface area contributed by atoms with Crippen molar-refractivity contribution in [1.29, 1.82) is 0 Å². The lowest BCUT2D eigenvalue weighted by Crippen LogP contribution is -2.30. The van der Waals surface area contributed by atoms with E-state index >= 15 is 0 Å². The average Bonchev–Trinajstić information content (AvgIpc) is 2.68. The molecule has 0 radical (unpaired) electrons. The van der Waals surface area contributed by atoms with Gasteiger partial charge in [-0.25, -0.2) is 4.39 Å². The highest BCUT2D eigenvalue weighted by atomic mass is 19.1. The summed E-state index contributed by atoms with van der Waals surface area (Å²) in [6.07, 6.45) is 2.92. The minimum atomic E-state index is -0.301. The highest BCUT2D eigenvalue weighted by Crippen LogP contribution is 2.26. The summed E-state index contributed by atoms with van der Waals surface area (Å²) in [5.41, 5.74) is 6.98. The van der Waals surface area contributed by atoms with Crippen LogP contribution in [-0.2, 0) is 4.74 Å². The molecule has 94 valence electrons. The maximum absolute atomic E-state index is 13.1. The van der Waals surface area contributed by atoms with E-state index in [1.54, 1.807) is 13.3 Å².